The molecule has 3 aromatic carbocycles. The molecule has 0 bridgehead atoms. The van der Waals surface area contributed by atoms with Crippen LogP contribution in [0.25, 0.3) is 0 Å². The van der Waals surface area contributed by atoms with Crippen molar-refractivity contribution in [1.29, 1.82) is 0 Å². The van der Waals surface area contributed by atoms with Crippen molar-refractivity contribution in [2.75, 3.05) is 30.1 Å². The summed E-state index contributed by atoms with van der Waals surface area (Å²) in [6.07, 6.45) is 7.20. The number of ether oxygens (including phenoxy) is 1. The Balaban J connectivity index is 1.70. The number of carbonyl (C=O) groups is 2. The van der Waals surface area contributed by atoms with Crippen molar-refractivity contribution in [1.82, 2.24) is 5.32 Å². The first-order valence-electron chi connectivity index (χ1n) is 15.2. The molecule has 0 fully saturated rings. The van der Waals surface area contributed by atoms with Gasteiger partial charge in [0.25, 0.3) is 5.91 Å². The van der Waals surface area contributed by atoms with Crippen LogP contribution in [-0.2, 0) is 19.4 Å². The number of hydrogen-bond acceptors (Lipinski definition) is 7. The molecule has 242 valence electrons. The first-order chi connectivity index (χ1) is 21.5. The second kappa shape index (κ2) is 15.1. The van der Waals surface area contributed by atoms with Crippen LogP contribution in [0.2, 0.25) is 0 Å². The van der Waals surface area contributed by atoms with Gasteiger partial charge in [-0.15, -0.1) is 11.8 Å². The molecule has 3 aromatic rings. The normalized spacial score (nSPS) is 15.9. The van der Waals surface area contributed by atoms with Crippen LogP contribution in [0.15, 0.2) is 76.5 Å². The molecule has 11 heteroatoms. The van der Waals surface area contributed by atoms with Gasteiger partial charge >= 0.3 is 5.97 Å². The van der Waals surface area contributed by atoms with E-state index in [4.69, 9.17) is 4.74 Å². The molecule has 1 heterocycles. The number of rotatable bonds is 14. The maximum atomic E-state index is 14.2. The lowest BCUT2D eigenvalue weighted by atomic mass is 9.79. The van der Waals surface area contributed by atoms with E-state index < -0.39 is 45.6 Å². The Kier molecular flexibility index (Phi) is 11.5. The molecular formula is C34H41FN2O6S2. The third-order valence-electron chi connectivity index (χ3n) is 8.16. The quantitative estimate of drug-likeness (QED) is 0.176. The summed E-state index contributed by atoms with van der Waals surface area (Å²) in [6.45, 7) is 4.24. The zero-order valence-electron chi connectivity index (χ0n) is 25.9. The minimum Gasteiger partial charge on any atom is -0.483 e. The Morgan fingerprint density at radius 3 is 2.27 bits per heavy atom. The van der Waals surface area contributed by atoms with Gasteiger partial charge in [0.15, 0.2) is 22.5 Å². The molecule has 0 saturated carbocycles. The molecule has 0 spiro atoms. The number of aliphatic carboxylic acids is 1. The summed E-state index contributed by atoms with van der Waals surface area (Å²) in [7, 11) is -3.78. The summed E-state index contributed by atoms with van der Waals surface area (Å²) in [5.41, 5.74) is 1.22. The largest absolute Gasteiger partial charge is 0.483 e. The smallest absolute Gasteiger partial charge is 0.330 e. The number of amides is 1. The molecule has 45 heavy (non-hydrogen) atoms. The van der Waals surface area contributed by atoms with Crippen LogP contribution in [0.4, 0.5) is 15.8 Å². The lowest BCUT2D eigenvalue weighted by Gasteiger charge is -2.37. The molecule has 0 aliphatic carbocycles. The maximum Gasteiger partial charge on any atom is 0.330 e. The van der Waals surface area contributed by atoms with Gasteiger partial charge < -0.3 is 20.1 Å². The van der Waals surface area contributed by atoms with E-state index in [1.165, 1.54) is 30.0 Å². The van der Waals surface area contributed by atoms with Crippen molar-refractivity contribution in [2.45, 2.75) is 68.2 Å². The number of fused-ring (bicyclic) bond motifs is 1. The van der Waals surface area contributed by atoms with E-state index in [1.54, 1.807) is 0 Å². The van der Waals surface area contributed by atoms with Crippen LogP contribution in [0.3, 0.4) is 0 Å². The first kappa shape index (κ1) is 34.3. The Morgan fingerprint density at radius 1 is 1.04 bits per heavy atom. The van der Waals surface area contributed by atoms with E-state index in [-0.39, 0.29) is 22.0 Å². The van der Waals surface area contributed by atoms with Crippen molar-refractivity contribution >= 4 is 44.9 Å². The molecule has 1 aliphatic heterocycles. The minimum atomic E-state index is -3.78. The number of benzene rings is 3. The van der Waals surface area contributed by atoms with Gasteiger partial charge in [-0.1, -0.05) is 69.9 Å². The van der Waals surface area contributed by atoms with E-state index in [0.717, 1.165) is 56.3 Å². The summed E-state index contributed by atoms with van der Waals surface area (Å²) in [6, 6.07) is 16.5. The number of carbonyl (C=O) groups excluding carboxylic acids is 1. The van der Waals surface area contributed by atoms with E-state index in [2.05, 4.69) is 24.1 Å². The Hall–Kier alpha value is -3.57. The number of nitrogens with zero attached hydrogens (tertiary/aromatic N) is 1. The number of unbranched alkanes of at least 4 members (excludes halogenated alkanes) is 2. The highest BCUT2D eigenvalue weighted by molar-refractivity contribution is 7.98. The highest BCUT2D eigenvalue weighted by Crippen LogP contribution is 2.47. The summed E-state index contributed by atoms with van der Waals surface area (Å²) < 4.78 is 47.7. The van der Waals surface area contributed by atoms with E-state index >= 15 is 0 Å². The predicted octanol–water partition coefficient (Wildman–Crippen LogP) is 7.16. The van der Waals surface area contributed by atoms with E-state index in [9.17, 15) is 27.5 Å². The van der Waals surface area contributed by atoms with Crippen molar-refractivity contribution in [2.24, 2.45) is 5.41 Å². The van der Waals surface area contributed by atoms with Gasteiger partial charge in [-0.3, -0.25) is 4.79 Å². The zero-order chi connectivity index (χ0) is 32.6. The molecule has 0 radical (unpaired) electrons. The Labute approximate surface area is 269 Å². The van der Waals surface area contributed by atoms with Crippen LogP contribution in [-0.4, -0.2) is 50.6 Å². The number of carboxylic acids is 1. The third kappa shape index (κ3) is 8.38. The van der Waals surface area contributed by atoms with Crippen molar-refractivity contribution in [3.8, 4) is 5.75 Å². The molecule has 0 aromatic heterocycles. The number of halogens is 1. The van der Waals surface area contributed by atoms with Gasteiger partial charge in [-0.05, 0) is 55.0 Å². The third-order valence-corrected chi connectivity index (χ3v) is 10.9. The summed E-state index contributed by atoms with van der Waals surface area (Å²) in [4.78, 5) is 27.6. The zero-order valence-corrected chi connectivity index (χ0v) is 27.6. The van der Waals surface area contributed by atoms with Gasteiger partial charge in [-0.2, -0.15) is 0 Å². The van der Waals surface area contributed by atoms with E-state index in [0.29, 0.717) is 17.1 Å². The van der Waals surface area contributed by atoms with Crippen LogP contribution < -0.4 is 15.0 Å². The monoisotopic (exact) mass is 656 g/mol. The molecule has 1 atom stereocenters. The van der Waals surface area contributed by atoms with Gasteiger partial charge in [0.2, 0.25) is 0 Å². The summed E-state index contributed by atoms with van der Waals surface area (Å²) in [5.74, 6) is -2.34. The second-order valence-electron chi connectivity index (χ2n) is 11.5. The topological polar surface area (TPSA) is 113 Å². The summed E-state index contributed by atoms with van der Waals surface area (Å²) in [5, 5.41) is 12.1. The molecule has 4 rings (SSSR count). The SMILES string of the molecule is CCCCC1(CCCC)CN(c2ccccc2)c2cc(SC)c(OCC(=O)N[C@@H](C(=O)O)c3ccc(F)cc3)cc2S(=O)(=O)C1. The Bertz CT molecular complexity index is 1570. The fraction of sp³-hybridized carbons (Fsp3) is 0.412. The molecule has 0 unspecified atom stereocenters. The van der Waals surface area contributed by atoms with Gasteiger partial charge in [0.05, 0.1) is 21.2 Å². The predicted molar refractivity (Wildman–Crippen MR) is 176 cm³/mol. The number of para-hydroxylation sites is 1. The molecular weight excluding hydrogens is 616 g/mol. The van der Waals surface area contributed by atoms with Crippen LogP contribution in [0.5, 0.6) is 5.75 Å². The average Bonchev–Trinajstić information content (AvgIpc) is 3.12. The first-order valence-corrected chi connectivity index (χ1v) is 18.1. The van der Waals surface area contributed by atoms with Crippen molar-refractivity contribution in [3.05, 3.63) is 78.1 Å². The number of thioether (sulfide) groups is 1. The second-order valence-corrected chi connectivity index (χ2v) is 14.3. The number of anilines is 2. The lowest BCUT2D eigenvalue weighted by molar-refractivity contribution is -0.142. The molecule has 8 nitrogen and oxygen atoms in total. The number of hydrogen-bond donors (Lipinski definition) is 2. The number of sulfone groups is 1. The fourth-order valence-corrected chi connectivity index (χ4v) is 8.53. The van der Waals surface area contributed by atoms with Crippen molar-refractivity contribution < 1.29 is 32.2 Å². The van der Waals surface area contributed by atoms with Crippen LogP contribution >= 0.6 is 11.8 Å². The fourth-order valence-electron chi connectivity index (χ4n) is 5.87. The molecule has 1 aliphatic rings. The van der Waals surface area contributed by atoms with Gasteiger partial charge in [0.1, 0.15) is 11.6 Å². The van der Waals surface area contributed by atoms with Gasteiger partial charge in [0, 0.05) is 23.7 Å². The number of carboxylic acid groups (broad SMARTS) is 1. The van der Waals surface area contributed by atoms with Crippen molar-refractivity contribution in [3.63, 3.8) is 0 Å². The maximum absolute atomic E-state index is 14.2. The Morgan fingerprint density at radius 2 is 1.69 bits per heavy atom. The standard InChI is InChI=1S/C34H41FN2O6S2/c1-4-6-17-34(18-7-5-2)22-37(26-11-9-8-10-12-26)27-19-29(44-3)28(20-30(27)45(41,42)23-34)43-21-31(38)36-32(33(39)40)24-13-15-25(35)16-14-24/h8-16,19-20,32H,4-7,17-18,21-23H2,1-3H3,(H,36,38)(H,39,40)/t32-/m1/s1. The average molecular weight is 657 g/mol. The molecule has 0 saturated heterocycles. The van der Waals surface area contributed by atoms with E-state index in [1.807, 2.05) is 42.7 Å². The highest BCUT2D eigenvalue weighted by atomic mass is 32.2. The summed E-state index contributed by atoms with van der Waals surface area (Å²) >= 11 is 1.36. The lowest BCUT2D eigenvalue weighted by Crippen LogP contribution is -2.38. The number of nitrogens with one attached hydrogen (secondary N) is 1. The minimum absolute atomic E-state index is 0.00678. The molecule has 1 amide bonds. The highest BCUT2D eigenvalue weighted by Gasteiger charge is 2.42. The molecule has 2 N–H and O–H groups in total. The van der Waals surface area contributed by atoms with Crippen LogP contribution in [0, 0.1) is 11.2 Å². The van der Waals surface area contributed by atoms with Gasteiger partial charge in [-0.25, -0.2) is 17.6 Å². The van der Waals surface area contributed by atoms with Crippen LogP contribution in [0.1, 0.15) is 64.0 Å².